The summed E-state index contributed by atoms with van der Waals surface area (Å²) in [6, 6.07) is 7.07. The zero-order valence-corrected chi connectivity index (χ0v) is 12.5. The minimum Gasteiger partial charge on any atom is -0.383 e. The molecule has 112 valence electrons. The molecule has 0 aromatic heterocycles. The number of amides is 1. The van der Waals surface area contributed by atoms with E-state index < -0.39 is 10.0 Å². The van der Waals surface area contributed by atoms with Crippen LogP contribution < -0.4 is 10.0 Å². The zero-order valence-electron chi connectivity index (χ0n) is 11.7. The number of hydrogen-bond acceptors (Lipinski definition) is 4. The van der Waals surface area contributed by atoms with Crippen molar-refractivity contribution in [2.24, 2.45) is 0 Å². The monoisotopic (exact) mass is 300 g/mol. The summed E-state index contributed by atoms with van der Waals surface area (Å²) in [6.45, 7) is 1.29. The highest BCUT2D eigenvalue weighted by Crippen LogP contribution is 2.05. The van der Waals surface area contributed by atoms with Crippen LogP contribution in [0, 0.1) is 0 Å². The van der Waals surface area contributed by atoms with E-state index in [0.29, 0.717) is 31.7 Å². The quantitative estimate of drug-likeness (QED) is 0.670. The van der Waals surface area contributed by atoms with Crippen molar-refractivity contribution in [1.29, 1.82) is 0 Å². The Bertz CT molecular complexity index is 526. The van der Waals surface area contributed by atoms with Crippen molar-refractivity contribution < 1.29 is 17.9 Å². The van der Waals surface area contributed by atoms with Crippen LogP contribution in [-0.4, -0.2) is 47.4 Å². The summed E-state index contributed by atoms with van der Waals surface area (Å²) < 4.78 is 29.1. The van der Waals surface area contributed by atoms with Crippen LogP contribution in [0.4, 0.5) is 0 Å². The van der Waals surface area contributed by atoms with Gasteiger partial charge in [0.2, 0.25) is 10.0 Å². The van der Waals surface area contributed by atoms with Gasteiger partial charge in [-0.25, -0.2) is 13.1 Å². The summed E-state index contributed by atoms with van der Waals surface area (Å²) in [5.41, 5.74) is 1.54. The number of benzene rings is 1. The SMILES string of the molecule is COCCNC(=O)c1ccc(CCNS(C)(=O)=O)cc1. The van der Waals surface area contributed by atoms with Gasteiger partial charge in [0.15, 0.2) is 0 Å². The normalized spacial score (nSPS) is 11.3. The van der Waals surface area contributed by atoms with Gasteiger partial charge in [0, 0.05) is 25.8 Å². The molecule has 2 N–H and O–H groups in total. The van der Waals surface area contributed by atoms with Gasteiger partial charge in [-0.2, -0.15) is 0 Å². The van der Waals surface area contributed by atoms with Crippen LogP contribution >= 0.6 is 0 Å². The van der Waals surface area contributed by atoms with Crippen LogP contribution in [0.25, 0.3) is 0 Å². The molecule has 1 aromatic rings. The second kappa shape index (κ2) is 7.98. The number of carbonyl (C=O) groups excluding carboxylic acids is 1. The molecule has 0 bridgehead atoms. The molecule has 0 aliphatic rings. The van der Waals surface area contributed by atoms with E-state index in [1.807, 2.05) is 12.1 Å². The average Bonchev–Trinajstić information content (AvgIpc) is 2.38. The van der Waals surface area contributed by atoms with Crippen molar-refractivity contribution in [2.45, 2.75) is 6.42 Å². The lowest BCUT2D eigenvalue weighted by molar-refractivity contribution is 0.0937. The molecule has 0 aliphatic heterocycles. The summed E-state index contributed by atoms with van der Waals surface area (Å²) in [6.07, 6.45) is 1.71. The number of nitrogens with one attached hydrogen (secondary N) is 2. The van der Waals surface area contributed by atoms with E-state index in [1.54, 1.807) is 19.2 Å². The van der Waals surface area contributed by atoms with Crippen LogP contribution in [0.2, 0.25) is 0 Å². The Morgan fingerprint density at radius 2 is 1.85 bits per heavy atom. The first-order valence-electron chi connectivity index (χ1n) is 6.23. The molecule has 7 heteroatoms. The third kappa shape index (κ3) is 6.65. The minimum absolute atomic E-state index is 0.150. The molecular weight excluding hydrogens is 280 g/mol. The molecule has 0 saturated carbocycles. The van der Waals surface area contributed by atoms with E-state index in [4.69, 9.17) is 4.74 Å². The highest BCUT2D eigenvalue weighted by atomic mass is 32.2. The third-order valence-electron chi connectivity index (χ3n) is 2.59. The molecule has 20 heavy (non-hydrogen) atoms. The van der Waals surface area contributed by atoms with Gasteiger partial charge in [-0.15, -0.1) is 0 Å². The van der Waals surface area contributed by atoms with Crippen LogP contribution in [0.15, 0.2) is 24.3 Å². The Hall–Kier alpha value is -1.44. The van der Waals surface area contributed by atoms with Gasteiger partial charge in [0.1, 0.15) is 0 Å². The standard InChI is InChI=1S/C13H20N2O4S/c1-19-10-9-14-13(16)12-5-3-11(4-6-12)7-8-15-20(2,17)18/h3-6,15H,7-10H2,1-2H3,(H,14,16). The first kappa shape index (κ1) is 16.6. The van der Waals surface area contributed by atoms with Gasteiger partial charge in [-0.05, 0) is 24.1 Å². The molecule has 0 unspecified atom stereocenters. The van der Waals surface area contributed by atoms with E-state index in [1.165, 1.54) is 0 Å². The van der Waals surface area contributed by atoms with Crippen molar-refractivity contribution >= 4 is 15.9 Å². The Labute approximate surface area is 119 Å². The van der Waals surface area contributed by atoms with Gasteiger partial charge in [-0.1, -0.05) is 12.1 Å². The lowest BCUT2D eigenvalue weighted by Gasteiger charge is -2.06. The molecule has 0 heterocycles. The molecule has 6 nitrogen and oxygen atoms in total. The van der Waals surface area contributed by atoms with Gasteiger partial charge in [0.05, 0.1) is 12.9 Å². The Morgan fingerprint density at radius 3 is 2.40 bits per heavy atom. The van der Waals surface area contributed by atoms with Crippen molar-refractivity contribution in [3.63, 3.8) is 0 Å². The largest absolute Gasteiger partial charge is 0.383 e. The number of sulfonamides is 1. The van der Waals surface area contributed by atoms with E-state index in [0.717, 1.165) is 11.8 Å². The average molecular weight is 300 g/mol. The van der Waals surface area contributed by atoms with Crippen molar-refractivity contribution in [3.05, 3.63) is 35.4 Å². The summed E-state index contributed by atoms with van der Waals surface area (Å²) in [4.78, 5) is 11.7. The Kier molecular flexibility index (Phi) is 6.63. The van der Waals surface area contributed by atoms with E-state index >= 15 is 0 Å². The maximum atomic E-state index is 11.7. The summed E-state index contributed by atoms with van der Waals surface area (Å²) in [7, 11) is -1.58. The molecule has 0 aliphatic carbocycles. The number of methoxy groups -OCH3 is 1. The molecule has 1 amide bonds. The predicted octanol–water partition coefficient (Wildman–Crippen LogP) is 0.155. The topological polar surface area (TPSA) is 84.5 Å². The molecule has 0 radical (unpaired) electrons. The Morgan fingerprint density at radius 1 is 1.20 bits per heavy atom. The summed E-state index contributed by atoms with van der Waals surface area (Å²) >= 11 is 0. The van der Waals surface area contributed by atoms with Gasteiger partial charge >= 0.3 is 0 Å². The molecule has 0 atom stereocenters. The van der Waals surface area contributed by atoms with Crippen LogP contribution in [0.5, 0.6) is 0 Å². The second-order valence-corrected chi connectivity index (χ2v) is 6.20. The van der Waals surface area contributed by atoms with Gasteiger partial charge in [0.25, 0.3) is 5.91 Å². The van der Waals surface area contributed by atoms with E-state index in [9.17, 15) is 13.2 Å². The second-order valence-electron chi connectivity index (χ2n) is 4.36. The molecule has 0 fully saturated rings. The fourth-order valence-corrected chi connectivity index (χ4v) is 2.05. The maximum absolute atomic E-state index is 11.7. The van der Waals surface area contributed by atoms with Crippen LogP contribution in [-0.2, 0) is 21.2 Å². The minimum atomic E-state index is -3.15. The molecule has 1 rings (SSSR count). The van der Waals surface area contributed by atoms with Crippen molar-refractivity contribution in [1.82, 2.24) is 10.0 Å². The van der Waals surface area contributed by atoms with Gasteiger partial charge in [-0.3, -0.25) is 4.79 Å². The number of rotatable bonds is 8. The number of ether oxygens (including phenoxy) is 1. The summed E-state index contributed by atoms with van der Waals surface area (Å²) in [5, 5.41) is 2.73. The highest BCUT2D eigenvalue weighted by molar-refractivity contribution is 7.88. The smallest absolute Gasteiger partial charge is 0.251 e. The summed E-state index contributed by atoms with van der Waals surface area (Å²) in [5.74, 6) is -0.150. The van der Waals surface area contributed by atoms with Crippen molar-refractivity contribution in [3.8, 4) is 0 Å². The maximum Gasteiger partial charge on any atom is 0.251 e. The van der Waals surface area contributed by atoms with Crippen LogP contribution in [0.1, 0.15) is 15.9 Å². The molecule has 1 aromatic carbocycles. The molecular formula is C13H20N2O4S. The van der Waals surface area contributed by atoms with E-state index in [2.05, 4.69) is 10.0 Å². The lowest BCUT2D eigenvalue weighted by Crippen LogP contribution is -2.27. The first-order chi connectivity index (χ1) is 9.42. The Balaban J connectivity index is 2.45. The van der Waals surface area contributed by atoms with Gasteiger partial charge < -0.3 is 10.1 Å². The zero-order chi connectivity index (χ0) is 15.0. The molecule has 0 saturated heterocycles. The highest BCUT2D eigenvalue weighted by Gasteiger charge is 2.05. The third-order valence-corrected chi connectivity index (χ3v) is 3.31. The molecule has 0 spiro atoms. The number of hydrogen-bond donors (Lipinski definition) is 2. The fraction of sp³-hybridized carbons (Fsp3) is 0.462. The first-order valence-corrected chi connectivity index (χ1v) is 8.12. The van der Waals surface area contributed by atoms with Crippen LogP contribution in [0.3, 0.4) is 0 Å². The number of carbonyl (C=O) groups is 1. The lowest BCUT2D eigenvalue weighted by atomic mass is 10.1. The van der Waals surface area contributed by atoms with E-state index in [-0.39, 0.29) is 5.91 Å². The fourth-order valence-electron chi connectivity index (χ4n) is 1.57. The van der Waals surface area contributed by atoms with Crippen molar-refractivity contribution in [2.75, 3.05) is 33.1 Å². The predicted molar refractivity (Wildman–Crippen MR) is 77.2 cm³/mol.